The standard InChI is InChI=1S/C14H22O5/c1-17-13(16)11-9-14(11,10-15)6-4-8-19-12-5-2-3-7-18-12/h10-12H,2-9H2,1H3/t11-,12?,14+/m0/s1. The molecule has 1 heterocycles. The number of methoxy groups -OCH3 is 1. The molecule has 5 nitrogen and oxygen atoms in total. The maximum atomic E-state index is 11.4. The number of carbonyl (C=O) groups excluding carboxylic acids is 2. The predicted octanol–water partition coefficient (Wildman–Crippen LogP) is 1.69. The zero-order chi connectivity index (χ0) is 13.7. The lowest BCUT2D eigenvalue weighted by Crippen LogP contribution is -2.23. The highest BCUT2D eigenvalue weighted by atomic mass is 16.7. The van der Waals surface area contributed by atoms with Crippen LogP contribution in [0, 0.1) is 11.3 Å². The zero-order valence-electron chi connectivity index (χ0n) is 11.4. The van der Waals surface area contributed by atoms with Gasteiger partial charge in [0.1, 0.15) is 6.29 Å². The maximum Gasteiger partial charge on any atom is 0.309 e. The molecule has 0 aromatic heterocycles. The summed E-state index contributed by atoms with van der Waals surface area (Å²) in [7, 11) is 1.36. The summed E-state index contributed by atoms with van der Waals surface area (Å²) >= 11 is 0. The van der Waals surface area contributed by atoms with Crippen molar-refractivity contribution in [2.24, 2.45) is 11.3 Å². The van der Waals surface area contributed by atoms with Crippen LogP contribution < -0.4 is 0 Å². The molecule has 2 rings (SSSR count). The highest BCUT2D eigenvalue weighted by molar-refractivity contribution is 5.84. The second-order valence-corrected chi connectivity index (χ2v) is 5.40. The highest BCUT2D eigenvalue weighted by Crippen LogP contribution is 2.54. The largest absolute Gasteiger partial charge is 0.469 e. The smallest absolute Gasteiger partial charge is 0.309 e. The van der Waals surface area contributed by atoms with Crippen LogP contribution in [0.3, 0.4) is 0 Å². The maximum absolute atomic E-state index is 11.4. The molecule has 1 saturated heterocycles. The second-order valence-electron chi connectivity index (χ2n) is 5.40. The van der Waals surface area contributed by atoms with E-state index in [4.69, 9.17) is 9.47 Å². The minimum Gasteiger partial charge on any atom is -0.469 e. The normalized spacial score (nSPS) is 33.7. The molecular weight excluding hydrogens is 248 g/mol. The van der Waals surface area contributed by atoms with Crippen LogP contribution in [0.1, 0.15) is 38.5 Å². The summed E-state index contributed by atoms with van der Waals surface area (Å²) in [5.74, 6) is -0.524. The lowest BCUT2D eigenvalue weighted by atomic mass is 9.99. The molecular formula is C14H22O5. The quantitative estimate of drug-likeness (QED) is 0.400. The lowest BCUT2D eigenvalue weighted by Gasteiger charge is -2.22. The Morgan fingerprint density at radius 2 is 2.32 bits per heavy atom. The van der Waals surface area contributed by atoms with E-state index in [2.05, 4.69) is 4.74 Å². The van der Waals surface area contributed by atoms with Gasteiger partial charge in [0.15, 0.2) is 6.29 Å². The van der Waals surface area contributed by atoms with Crippen LogP contribution in [0.25, 0.3) is 0 Å². The Morgan fingerprint density at radius 1 is 1.47 bits per heavy atom. The average Bonchev–Trinajstić information content (AvgIpc) is 3.19. The molecule has 2 aliphatic rings. The Hall–Kier alpha value is -0.940. The van der Waals surface area contributed by atoms with E-state index in [1.165, 1.54) is 7.11 Å². The molecule has 1 aliphatic heterocycles. The summed E-state index contributed by atoms with van der Waals surface area (Å²) in [4.78, 5) is 22.5. The third kappa shape index (κ3) is 3.54. The van der Waals surface area contributed by atoms with Gasteiger partial charge < -0.3 is 19.0 Å². The summed E-state index contributed by atoms with van der Waals surface area (Å²) in [6.07, 6.45) is 6.09. The number of carbonyl (C=O) groups is 2. The first-order chi connectivity index (χ1) is 9.22. The molecule has 19 heavy (non-hydrogen) atoms. The van der Waals surface area contributed by atoms with Crippen molar-refractivity contribution in [3.63, 3.8) is 0 Å². The molecule has 0 amide bonds. The van der Waals surface area contributed by atoms with Crippen molar-refractivity contribution >= 4 is 12.3 Å². The fraction of sp³-hybridized carbons (Fsp3) is 0.857. The number of ether oxygens (including phenoxy) is 3. The van der Waals surface area contributed by atoms with Crippen LogP contribution in [-0.2, 0) is 23.8 Å². The molecule has 108 valence electrons. The third-order valence-electron chi connectivity index (χ3n) is 4.07. The van der Waals surface area contributed by atoms with Gasteiger partial charge in [0.05, 0.1) is 13.0 Å². The molecule has 0 aromatic rings. The van der Waals surface area contributed by atoms with Crippen molar-refractivity contribution < 1.29 is 23.8 Å². The number of aldehydes is 1. The van der Waals surface area contributed by atoms with Gasteiger partial charge >= 0.3 is 5.97 Å². The van der Waals surface area contributed by atoms with E-state index in [0.717, 1.165) is 38.6 Å². The fourth-order valence-corrected chi connectivity index (χ4v) is 2.71. The van der Waals surface area contributed by atoms with E-state index in [-0.39, 0.29) is 18.2 Å². The van der Waals surface area contributed by atoms with E-state index in [1.807, 2.05) is 0 Å². The summed E-state index contributed by atoms with van der Waals surface area (Å²) in [5, 5.41) is 0. The molecule has 0 radical (unpaired) electrons. The highest BCUT2D eigenvalue weighted by Gasteiger charge is 2.58. The fourth-order valence-electron chi connectivity index (χ4n) is 2.71. The number of hydrogen-bond acceptors (Lipinski definition) is 5. The van der Waals surface area contributed by atoms with Crippen LogP contribution >= 0.6 is 0 Å². The molecule has 2 fully saturated rings. The van der Waals surface area contributed by atoms with Crippen molar-refractivity contribution in [1.29, 1.82) is 0 Å². The summed E-state index contributed by atoms with van der Waals surface area (Å²) in [5.41, 5.74) is -0.496. The van der Waals surface area contributed by atoms with Crippen molar-refractivity contribution in [1.82, 2.24) is 0 Å². The van der Waals surface area contributed by atoms with Crippen LogP contribution in [0.2, 0.25) is 0 Å². The molecule has 3 atom stereocenters. The van der Waals surface area contributed by atoms with Crippen LogP contribution in [0.4, 0.5) is 0 Å². The zero-order valence-corrected chi connectivity index (χ0v) is 11.4. The van der Waals surface area contributed by atoms with Gasteiger partial charge in [-0.2, -0.15) is 0 Å². The Kier molecular flexibility index (Phi) is 4.93. The van der Waals surface area contributed by atoms with E-state index < -0.39 is 5.41 Å². The van der Waals surface area contributed by atoms with Gasteiger partial charge in [-0.25, -0.2) is 0 Å². The molecule has 0 bridgehead atoms. The Morgan fingerprint density at radius 3 is 2.95 bits per heavy atom. The number of esters is 1. The summed E-state index contributed by atoms with van der Waals surface area (Å²) < 4.78 is 15.8. The minimum atomic E-state index is -0.496. The first-order valence-electron chi connectivity index (χ1n) is 6.99. The molecule has 1 unspecified atom stereocenters. The second kappa shape index (κ2) is 6.48. The Balaban J connectivity index is 1.64. The van der Waals surface area contributed by atoms with E-state index in [0.29, 0.717) is 19.4 Å². The van der Waals surface area contributed by atoms with Crippen LogP contribution in [0.15, 0.2) is 0 Å². The van der Waals surface area contributed by atoms with Gasteiger partial charge in [0.25, 0.3) is 0 Å². The molecule has 0 spiro atoms. The van der Waals surface area contributed by atoms with E-state index >= 15 is 0 Å². The number of hydrogen-bond donors (Lipinski definition) is 0. The predicted molar refractivity (Wildman–Crippen MR) is 67.4 cm³/mol. The molecule has 0 aromatic carbocycles. The first kappa shape index (κ1) is 14.5. The molecule has 1 saturated carbocycles. The van der Waals surface area contributed by atoms with Gasteiger partial charge in [0, 0.05) is 18.6 Å². The van der Waals surface area contributed by atoms with Gasteiger partial charge in [0.2, 0.25) is 0 Å². The molecule has 5 heteroatoms. The SMILES string of the molecule is COC(=O)[C@@H]1C[C@@]1(C=O)CCCOC1CCCCO1. The molecule has 0 N–H and O–H groups in total. The van der Waals surface area contributed by atoms with Crippen molar-refractivity contribution in [3.8, 4) is 0 Å². The van der Waals surface area contributed by atoms with Gasteiger partial charge in [-0.15, -0.1) is 0 Å². The first-order valence-corrected chi connectivity index (χ1v) is 6.99. The Labute approximate surface area is 113 Å². The molecule has 1 aliphatic carbocycles. The van der Waals surface area contributed by atoms with E-state index in [9.17, 15) is 9.59 Å². The van der Waals surface area contributed by atoms with Gasteiger partial charge in [-0.05, 0) is 38.5 Å². The monoisotopic (exact) mass is 270 g/mol. The summed E-state index contributed by atoms with van der Waals surface area (Å²) in [6.45, 7) is 1.35. The van der Waals surface area contributed by atoms with Gasteiger partial charge in [-0.3, -0.25) is 4.79 Å². The van der Waals surface area contributed by atoms with Gasteiger partial charge in [-0.1, -0.05) is 0 Å². The number of rotatable bonds is 7. The third-order valence-corrected chi connectivity index (χ3v) is 4.07. The van der Waals surface area contributed by atoms with E-state index in [1.54, 1.807) is 0 Å². The summed E-state index contributed by atoms with van der Waals surface area (Å²) in [6, 6.07) is 0. The lowest BCUT2D eigenvalue weighted by molar-refractivity contribution is -0.163. The average molecular weight is 270 g/mol. The van der Waals surface area contributed by atoms with Crippen LogP contribution in [0.5, 0.6) is 0 Å². The Bertz CT molecular complexity index is 324. The van der Waals surface area contributed by atoms with Crippen LogP contribution in [-0.4, -0.2) is 38.9 Å². The topological polar surface area (TPSA) is 61.8 Å². The van der Waals surface area contributed by atoms with Crippen molar-refractivity contribution in [2.75, 3.05) is 20.3 Å². The van der Waals surface area contributed by atoms with Crippen molar-refractivity contribution in [2.45, 2.75) is 44.8 Å². The minimum absolute atomic E-state index is 0.0865. The van der Waals surface area contributed by atoms with Crippen molar-refractivity contribution in [3.05, 3.63) is 0 Å².